The van der Waals surface area contributed by atoms with Gasteiger partial charge in [-0.2, -0.15) is 0 Å². The maximum Gasteiger partial charge on any atom is 0.241 e. The van der Waals surface area contributed by atoms with E-state index in [2.05, 4.69) is 10.3 Å². The lowest BCUT2D eigenvalue weighted by Crippen LogP contribution is -2.40. The van der Waals surface area contributed by atoms with Crippen molar-refractivity contribution in [1.29, 1.82) is 0 Å². The fourth-order valence-corrected chi connectivity index (χ4v) is 6.00. The van der Waals surface area contributed by atoms with E-state index in [1.54, 1.807) is 23.4 Å². The molecule has 0 unspecified atom stereocenters. The van der Waals surface area contributed by atoms with Crippen LogP contribution in [0.5, 0.6) is 0 Å². The summed E-state index contributed by atoms with van der Waals surface area (Å²) in [7, 11) is 0.682. The zero-order valence-electron chi connectivity index (χ0n) is 13.3. The number of nitrogens with zero attached hydrogens (tertiary/aromatic N) is 3. The molecule has 3 heterocycles. The number of rotatable bonds is 4. The Balaban J connectivity index is 1.64. The number of nitrogens with one attached hydrogen (secondary N) is 1. The lowest BCUT2D eigenvalue weighted by Gasteiger charge is -2.25. The Morgan fingerprint density at radius 2 is 2.22 bits per heavy atom. The van der Waals surface area contributed by atoms with Gasteiger partial charge in [0.05, 0.1) is 23.2 Å². The van der Waals surface area contributed by atoms with E-state index in [-0.39, 0.29) is 30.2 Å². The normalized spacial score (nSPS) is 28.8. The van der Waals surface area contributed by atoms with Gasteiger partial charge < -0.3 is 15.1 Å². The van der Waals surface area contributed by atoms with Gasteiger partial charge in [-0.05, 0) is 26.2 Å². The smallest absolute Gasteiger partial charge is 0.241 e. The van der Waals surface area contributed by atoms with Crippen molar-refractivity contribution in [3.63, 3.8) is 0 Å². The highest BCUT2D eigenvalue weighted by atomic mass is 32.2. The van der Waals surface area contributed by atoms with E-state index in [1.807, 2.05) is 25.1 Å². The number of anilines is 1. The van der Waals surface area contributed by atoms with Crippen LogP contribution in [0.1, 0.15) is 0 Å². The third kappa shape index (κ3) is 3.18. The lowest BCUT2D eigenvalue weighted by molar-refractivity contribution is -0.128. The van der Waals surface area contributed by atoms with Crippen molar-refractivity contribution in [1.82, 2.24) is 14.8 Å². The summed E-state index contributed by atoms with van der Waals surface area (Å²) in [5.41, 5.74) is 0.777. The van der Waals surface area contributed by atoms with Crippen LogP contribution in [0, 0.1) is 5.92 Å². The molecule has 0 saturated carbocycles. The topological polar surface area (TPSA) is 82.6 Å². The second-order valence-corrected chi connectivity index (χ2v) is 8.72. The van der Waals surface area contributed by atoms with Crippen LogP contribution >= 0.6 is 0 Å². The number of carbonyl (C=O) groups excluding carboxylic acids is 1. The summed E-state index contributed by atoms with van der Waals surface area (Å²) >= 11 is 0. The quantitative estimate of drug-likeness (QED) is 0.810. The van der Waals surface area contributed by atoms with Gasteiger partial charge in [-0.1, -0.05) is 0 Å². The summed E-state index contributed by atoms with van der Waals surface area (Å²) in [4.78, 5) is 20.0. The van der Waals surface area contributed by atoms with Gasteiger partial charge in [0.25, 0.3) is 0 Å². The fraction of sp³-hybridized carbons (Fsp3) is 0.600. The van der Waals surface area contributed by atoms with Crippen molar-refractivity contribution < 1.29 is 13.2 Å². The molecule has 8 heteroatoms. The molecule has 1 amide bonds. The van der Waals surface area contributed by atoms with E-state index in [1.165, 1.54) is 0 Å². The highest BCUT2D eigenvalue weighted by Gasteiger charge is 2.53. The SMILES string of the molecule is CN(C)[C@H]1CS(=O)(=O)[C@H]2CN(C(=O)CNc3cccnc3)C[C@@H]12. The number of hydrogen-bond donors (Lipinski definition) is 1. The predicted molar refractivity (Wildman–Crippen MR) is 87.8 cm³/mol. The van der Waals surface area contributed by atoms with E-state index < -0.39 is 15.1 Å². The molecule has 2 aliphatic heterocycles. The molecule has 2 saturated heterocycles. The maximum absolute atomic E-state index is 12.4. The Hall–Kier alpha value is -1.67. The molecule has 0 spiro atoms. The van der Waals surface area contributed by atoms with Crippen molar-refractivity contribution in [2.75, 3.05) is 44.8 Å². The minimum absolute atomic E-state index is 0.00548. The Kier molecular flexibility index (Phi) is 4.29. The zero-order valence-corrected chi connectivity index (χ0v) is 14.2. The zero-order chi connectivity index (χ0) is 16.6. The van der Waals surface area contributed by atoms with Crippen LogP contribution in [0.2, 0.25) is 0 Å². The molecule has 7 nitrogen and oxygen atoms in total. The predicted octanol–water partition coefficient (Wildman–Crippen LogP) is -0.321. The first-order valence-corrected chi connectivity index (χ1v) is 9.39. The first-order chi connectivity index (χ1) is 10.9. The van der Waals surface area contributed by atoms with Crippen molar-refractivity contribution in [3.05, 3.63) is 24.5 Å². The Morgan fingerprint density at radius 3 is 2.87 bits per heavy atom. The van der Waals surface area contributed by atoms with Crippen molar-refractivity contribution in [2.24, 2.45) is 5.92 Å². The van der Waals surface area contributed by atoms with Gasteiger partial charge in [0.1, 0.15) is 0 Å². The molecule has 1 aromatic rings. The highest BCUT2D eigenvalue weighted by molar-refractivity contribution is 7.92. The minimum atomic E-state index is -3.12. The second kappa shape index (κ2) is 6.09. The highest BCUT2D eigenvalue weighted by Crippen LogP contribution is 2.35. The van der Waals surface area contributed by atoms with Gasteiger partial charge in [-0.25, -0.2) is 8.42 Å². The number of hydrogen-bond acceptors (Lipinski definition) is 6. The minimum Gasteiger partial charge on any atom is -0.375 e. The molecule has 3 atom stereocenters. The van der Waals surface area contributed by atoms with Crippen LogP contribution in [0.15, 0.2) is 24.5 Å². The Bertz CT molecular complexity index is 677. The van der Waals surface area contributed by atoms with Crippen LogP contribution in [0.4, 0.5) is 5.69 Å². The Morgan fingerprint density at radius 1 is 1.43 bits per heavy atom. The van der Waals surface area contributed by atoms with Gasteiger partial charge in [-0.3, -0.25) is 9.78 Å². The molecule has 3 rings (SSSR count). The molecular weight excluding hydrogens is 316 g/mol. The van der Waals surface area contributed by atoms with Gasteiger partial charge in [-0.15, -0.1) is 0 Å². The molecular formula is C15H22N4O3S. The van der Waals surface area contributed by atoms with Gasteiger partial charge in [0.15, 0.2) is 9.84 Å². The first kappa shape index (κ1) is 16.2. The third-order valence-corrected chi connectivity index (χ3v) is 7.02. The van der Waals surface area contributed by atoms with E-state index in [9.17, 15) is 13.2 Å². The lowest BCUT2D eigenvalue weighted by atomic mass is 10.00. The molecule has 0 aliphatic carbocycles. The van der Waals surface area contributed by atoms with Crippen molar-refractivity contribution in [2.45, 2.75) is 11.3 Å². The number of amides is 1. The molecule has 2 aliphatic rings. The average molecular weight is 338 g/mol. The van der Waals surface area contributed by atoms with Crippen molar-refractivity contribution in [3.8, 4) is 0 Å². The molecule has 1 N–H and O–H groups in total. The summed E-state index contributed by atoms with van der Waals surface area (Å²) in [6.45, 7) is 0.975. The average Bonchev–Trinajstić information content (AvgIpc) is 3.06. The number of pyridine rings is 1. The van der Waals surface area contributed by atoms with Crippen LogP contribution in [-0.4, -0.2) is 79.9 Å². The molecule has 126 valence electrons. The van der Waals surface area contributed by atoms with Crippen LogP contribution < -0.4 is 5.32 Å². The molecule has 2 fully saturated rings. The van der Waals surface area contributed by atoms with E-state index >= 15 is 0 Å². The summed E-state index contributed by atoms with van der Waals surface area (Å²) < 4.78 is 24.6. The van der Waals surface area contributed by atoms with Crippen LogP contribution in [0.25, 0.3) is 0 Å². The number of carbonyl (C=O) groups is 1. The van der Waals surface area contributed by atoms with E-state index in [0.29, 0.717) is 13.1 Å². The van der Waals surface area contributed by atoms with Crippen LogP contribution in [-0.2, 0) is 14.6 Å². The first-order valence-electron chi connectivity index (χ1n) is 7.68. The van der Waals surface area contributed by atoms with Gasteiger partial charge >= 0.3 is 0 Å². The number of fused-ring (bicyclic) bond motifs is 1. The van der Waals surface area contributed by atoms with Crippen molar-refractivity contribution >= 4 is 21.4 Å². The molecule has 23 heavy (non-hydrogen) atoms. The summed E-state index contributed by atoms with van der Waals surface area (Å²) in [6, 6.07) is 3.63. The molecule has 0 radical (unpaired) electrons. The number of likely N-dealkylation sites (tertiary alicyclic amines) is 1. The van der Waals surface area contributed by atoms with Crippen LogP contribution in [0.3, 0.4) is 0 Å². The maximum atomic E-state index is 12.4. The number of sulfone groups is 1. The summed E-state index contributed by atoms with van der Waals surface area (Å²) in [5, 5.41) is 2.61. The fourth-order valence-electron chi connectivity index (χ4n) is 3.53. The largest absolute Gasteiger partial charge is 0.375 e. The second-order valence-electron chi connectivity index (χ2n) is 6.46. The molecule has 1 aromatic heterocycles. The standard InChI is InChI=1S/C15H22N4O3S/c1-18(2)13-10-23(21,22)14-9-19(8-12(13)14)15(20)7-17-11-4-3-5-16-6-11/h3-6,12-14,17H,7-10H2,1-2H3/t12-,13-,14-/m0/s1. The number of aromatic nitrogens is 1. The van der Waals surface area contributed by atoms with Gasteiger partial charge in [0, 0.05) is 37.4 Å². The Labute approximate surface area is 136 Å². The van der Waals surface area contributed by atoms with E-state index in [4.69, 9.17) is 0 Å². The monoisotopic (exact) mass is 338 g/mol. The summed E-state index contributed by atoms with van der Waals surface area (Å²) in [5.74, 6) is 0.138. The molecule has 0 aromatic carbocycles. The summed E-state index contributed by atoms with van der Waals surface area (Å²) in [6.07, 6.45) is 3.32. The third-order valence-electron chi connectivity index (χ3n) is 4.79. The molecule has 0 bridgehead atoms. The van der Waals surface area contributed by atoms with Gasteiger partial charge in [0.2, 0.25) is 5.91 Å². The van der Waals surface area contributed by atoms with E-state index in [0.717, 1.165) is 5.69 Å².